The SMILES string of the molecule is O=C(Nc1cc(Br)cn2cnnc12)c1ccccc1F. The van der Waals surface area contributed by atoms with E-state index in [0.717, 1.165) is 4.47 Å². The number of hydrogen-bond donors (Lipinski definition) is 1. The van der Waals surface area contributed by atoms with E-state index in [0.29, 0.717) is 11.3 Å². The summed E-state index contributed by atoms with van der Waals surface area (Å²) in [5.41, 5.74) is 0.910. The number of nitrogens with one attached hydrogen (secondary N) is 1. The Morgan fingerprint density at radius 3 is 2.95 bits per heavy atom. The van der Waals surface area contributed by atoms with E-state index in [2.05, 4.69) is 31.4 Å². The first kappa shape index (κ1) is 12.7. The van der Waals surface area contributed by atoms with Crippen LogP contribution in [-0.2, 0) is 0 Å². The Morgan fingerprint density at radius 2 is 2.15 bits per heavy atom. The topological polar surface area (TPSA) is 59.3 Å². The number of halogens is 2. The number of hydrogen-bond acceptors (Lipinski definition) is 3. The normalized spacial score (nSPS) is 10.7. The number of nitrogens with zero attached hydrogens (tertiary/aromatic N) is 3. The fourth-order valence-corrected chi connectivity index (χ4v) is 2.28. The van der Waals surface area contributed by atoms with E-state index >= 15 is 0 Å². The van der Waals surface area contributed by atoms with Gasteiger partial charge in [-0.3, -0.25) is 9.20 Å². The highest BCUT2D eigenvalue weighted by molar-refractivity contribution is 9.10. The molecule has 20 heavy (non-hydrogen) atoms. The summed E-state index contributed by atoms with van der Waals surface area (Å²) in [6.45, 7) is 0. The Bertz CT molecular complexity index is 802. The Hall–Kier alpha value is -2.28. The van der Waals surface area contributed by atoms with Gasteiger partial charge in [-0.15, -0.1) is 10.2 Å². The highest BCUT2D eigenvalue weighted by Crippen LogP contribution is 2.21. The van der Waals surface area contributed by atoms with Gasteiger partial charge in [0.15, 0.2) is 5.65 Å². The third-order valence-electron chi connectivity index (χ3n) is 2.73. The molecule has 3 aromatic rings. The lowest BCUT2D eigenvalue weighted by Crippen LogP contribution is -2.14. The molecule has 0 aliphatic carbocycles. The summed E-state index contributed by atoms with van der Waals surface area (Å²) in [4.78, 5) is 12.1. The van der Waals surface area contributed by atoms with Crippen LogP contribution in [0.5, 0.6) is 0 Å². The number of carbonyl (C=O) groups excluding carboxylic acids is 1. The molecular formula is C13H8BrFN4O. The molecule has 0 bridgehead atoms. The van der Waals surface area contributed by atoms with Gasteiger partial charge in [0.2, 0.25) is 0 Å². The molecule has 0 fully saturated rings. The molecule has 1 N–H and O–H groups in total. The molecule has 7 heteroatoms. The summed E-state index contributed by atoms with van der Waals surface area (Å²) in [6.07, 6.45) is 3.27. The third-order valence-corrected chi connectivity index (χ3v) is 3.16. The zero-order valence-corrected chi connectivity index (χ0v) is 11.6. The standard InChI is InChI=1S/C13H8BrFN4O/c14-8-5-11(12-18-16-7-19(12)6-8)17-13(20)9-3-1-2-4-10(9)15/h1-7H,(H,17,20). The minimum atomic E-state index is -0.572. The van der Waals surface area contributed by atoms with Crippen LogP contribution in [0, 0.1) is 5.82 Å². The van der Waals surface area contributed by atoms with Crippen molar-refractivity contribution in [2.24, 2.45) is 0 Å². The van der Waals surface area contributed by atoms with Crippen LogP contribution in [-0.4, -0.2) is 20.5 Å². The average molecular weight is 335 g/mol. The Labute approximate surface area is 121 Å². The summed E-state index contributed by atoms with van der Waals surface area (Å²) in [6, 6.07) is 7.47. The fraction of sp³-hybridized carbons (Fsp3) is 0. The van der Waals surface area contributed by atoms with Crippen LogP contribution < -0.4 is 5.32 Å². The van der Waals surface area contributed by atoms with E-state index in [-0.39, 0.29) is 5.56 Å². The van der Waals surface area contributed by atoms with E-state index in [4.69, 9.17) is 0 Å². The molecule has 0 aliphatic heterocycles. The highest BCUT2D eigenvalue weighted by Gasteiger charge is 2.14. The summed E-state index contributed by atoms with van der Waals surface area (Å²) >= 11 is 3.33. The Balaban J connectivity index is 1.99. The fourth-order valence-electron chi connectivity index (χ4n) is 1.83. The molecule has 1 aromatic carbocycles. The van der Waals surface area contributed by atoms with Crippen LogP contribution in [0.25, 0.3) is 5.65 Å². The number of carbonyl (C=O) groups is 1. The summed E-state index contributed by atoms with van der Waals surface area (Å²) in [7, 11) is 0. The van der Waals surface area contributed by atoms with Crippen molar-refractivity contribution in [2.75, 3.05) is 5.32 Å². The molecule has 0 saturated carbocycles. The Kier molecular flexibility index (Phi) is 3.19. The van der Waals surface area contributed by atoms with Gasteiger partial charge in [-0.25, -0.2) is 4.39 Å². The lowest BCUT2D eigenvalue weighted by atomic mass is 10.2. The zero-order chi connectivity index (χ0) is 14.1. The third kappa shape index (κ3) is 2.27. The summed E-state index contributed by atoms with van der Waals surface area (Å²) < 4.78 is 16.0. The largest absolute Gasteiger partial charge is 0.319 e. The molecule has 0 radical (unpaired) electrons. The van der Waals surface area contributed by atoms with Crippen molar-refractivity contribution in [1.29, 1.82) is 0 Å². The number of anilines is 1. The van der Waals surface area contributed by atoms with E-state index in [1.54, 1.807) is 22.7 Å². The second kappa shape index (κ2) is 5.01. The average Bonchev–Trinajstić information content (AvgIpc) is 2.87. The van der Waals surface area contributed by atoms with Crippen molar-refractivity contribution >= 4 is 33.2 Å². The molecule has 5 nitrogen and oxygen atoms in total. The van der Waals surface area contributed by atoms with Crippen molar-refractivity contribution in [3.05, 3.63) is 58.7 Å². The van der Waals surface area contributed by atoms with Gasteiger partial charge < -0.3 is 5.32 Å². The Morgan fingerprint density at radius 1 is 1.35 bits per heavy atom. The molecule has 3 rings (SSSR count). The molecule has 100 valence electrons. The lowest BCUT2D eigenvalue weighted by Gasteiger charge is -2.07. The minimum absolute atomic E-state index is 0.0230. The summed E-state index contributed by atoms with van der Waals surface area (Å²) in [5.74, 6) is -1.11. The smallest absolute Gasteiger partial charge is 0.258 e. The lowest BCUT2D eigenvalue weighted by molar-refractivity contribution is 0.102. The maximum absolute atomic E-state index is 13.6. The van der Waals surface area contributed by atoms with E-state index in [9.17, 15) is 9.18 Å². The zero-order valence-electron chi connectivity index (χ0n) is 10.0. The predicted octanol–water partition coefficient (Wildman–Crippen LogP) is 2.88. The maximum atomic E-state index is 13.6. The number of benzene rings is 1. The van der Waals surface area contributed by atoms with Crippen molar-refractivity contribution in [1.82, 2.24) is 14.6 Å². The van der Waals surface area contributed by atoms with E-state index in [1.807, 2.05) is 0 Å². The first-order chi connectivity index (χ1) is 9.65. The van der Waals surface area contributed by atoms with Gasteiger partial charge in [-0.05, 0) is 34.1 Å². The summed E-state index contributed by atoms with van der Waals surface area (Å²) in [5, 5.41) is 10.3. The van der Waals surface area contributed by atoms with Gasteiger partial charge in [0.1, 0.15) is 12.1 Å². The van der Waals surface area contributed by atoms with Gasteiger partial charge in [-0.1, -0.05) is 12.1 Å². The van der Waals surface area contributed by atoms with E-state index < -0.39 is 11.7 Å². The second-order valence-corrected chi connectivity index (χ2v) is 4.98. The van der Waals surface area contributed by atoms with Gasteiger partial charge in [0, 0.05) is 10.7 Å². The minimum Gasteiger partial charge on any atom is -0.319 e. The number of amides is 1. The number of pyridine rings is 1. The number of aromatic nitrogens is 3. The van der Waals surface area contributed by atoms with Crippen LogP contribution in [0.2, 0.25) is 0 Å². The molecule has 0 spiro atoms. The first-order valence-corrected chi connectivity index (χ1v) is 6.49. The first-order valence-electron chi connectivity index (χ1n) is 5.70. The molecule has 0 saturated heterocycles. The van der Waals surface area contributed by atoms with Gasteiger partial charge in [-0.2, -0.15) is 0 Å². The second-order valence-electron chi connectivity index (χ2n) is 4.07. The van der Waals surface area contributed by atoms with Crippen LogP contribution in [0.4, 0.5) is 10.1 Å². The monoisotopic (exact) mass is 334 g/mol. The van der Waals surface area contributed by atoms with Crippen molar-refractivity contribution in [2.45, 2.75) is 0 Å². The van der Waals surface area contributed by atoms with Crippen molar-refractivity contribution < 1.29 is 9.18 Å². The maximum Gasteiger partial charge on any atom is 0.258 e. The number of rotatable bonds is 2. The van der Waals surface area contributed by atoms with Crippen LogP contribution >= 0.6 is 15.9 Å². The molecule has 0 unspecified atom stereocenters. The van der Waals surface area contributed by atoms with Gasteiger partial charge >= 0.3 is 0 Å². The van der Waals surface area contributed by atoms with Crippen LogP contribution in [0.1, 0.15) is 10.4 Å². The van der Waals surface area contributed by atoms with Gasteiger partial charge in [0.05, 0.1) is 11.3 Å². The van der Waals surface area contributed by atoms with Crippen molar-refractivity contribution in [3.8, 4) is 0 Å². The van der Waals surface area contributed by atoms with Crippen LogP contribution in [0.15, 0.2) is 47.3 Å². The highest BCUT2D eigenvalue weighted by atomic mass is 79.9. The van der Waals surface area contributed by atoms with Crippen molar-refractivity contribution in [3.63, 3.8) is 0 Å². The van der Waals surface area contributed by atoms with E-state index in [1.165, 1.54) is 24.5 Å². The molecule has 2 heterocycles. The van der Waals surface area contributed by atoms with Gasteiger partial charge in [0.25, 0.3) is 5.91 Å². The molecule has 2 aromatic heterocycles. The van der Waals surface area contributed by atoms with Crippen LogP contribution in [0.3, 0.4) is 0 Å². The number of fused-ring (bicyclic) bond motifs is 1. The molecule has 0 atom stereocenters. The molecule has 1 amide bonds. The molecule has 0 aliphatic rings. The molecular weight excluding hydrogens is 327 g/mol. The quantitative estimate of drug-likeness (QED) is 0.783. The predicted molar refractivity (Wildman–Crippen MR) is 75.0 cm³/mol.